The Hall–Kier alpha value is -2.12. The molecule has 4 nitrogen and oxygen atoms in total. The molecule has 2 fully saturated rings. The van der Waals surface area contributed by atoms with E-state index in [1.807, 2.05) is 4.90 Å². The maximum atomic E-state index is 12.8. The molecular weight excluding hydrogens is 334 g/mol. The Kier molecular flexibility index (Phi) is 5.31. The lowest BCUT2D eigenvalue weighted by atomic mass is 9.66. The van der Waals surface area contributed by atoms with Crippen molar-refractivity contribution >= 4 is 5.91 Å². The van der Waals surface area contributed by atoms with E-state index in [0.29, 0.717) is 16.5 Å². The maximum Gasteiger partial charge on any atom is 0.253 e. The molecule has 1 saturated carbocycles. The minimum Gasteiger partial charge on any atom is -0.339 e. The van der Waals surface area contributed by atoms with E-state index >= 15 is 0 Å². The van der Waals surface area contributed by atoms with E-state index in [-0.39, 0.29) is 5.91 Å². The summed E-state index contributed by atoms with van der Waals surface area (Å²) in [4.78, 5) is 17.4. The van der Waals surface area contributed by atoms with Crippen molar-refractivity contribution in [3.05, 3.63) is 47.5 Å². The number of rotatable bonds is 2. The molecule has 1 aliphatic carbocycles. The van der Waals surface area contributed by atoms with Crippen molar-refractivity contribution in [1.82, 2.24) is 9.80 Å². The van der Waals surface area contributed by atoms with Gasteiger partial charge in [-0.2, -0.15) is 5.26 Å². The van der Waals surface area contributed by atoms with Crippen molar-refractivity contribution in [2.24, 2.45) is 5.41 Å². The fourth-order valence-corrected chi connectivity index (χ4v) is 5.13. The van der Waals surface area contributed by atoms with Gasteiger partial charge in [0.2, 0.25) is 0 Å². The first-order valence-electron chi connectivity index (χ1n) is 10.4. The molecule has 1 amide bonds. The largest absolute Gasteiger partial charge is 0.339 e. The molecule has 4 heteroatoms. The minimum atomic E-state index is 0.114. The van der Waals surface area contributed by atoms with E-state index in [9.17, 15) is 4.79 Å². The summed E-state index contributed by atoms with van der Waals surface area (Å²) in [7, 11) is 0. The van der Waals surface area contributed by atoms with Gasteiger partial charge in [-0.25, -0.2) is 0 Å². The molecule has 1 aromatic carbocycles. The van der Waals surface area contributed by atoms with E-state index < -0.39 is 0 Å². The highest BCUT2D eigenvalue weighted by atomic mass is 16.2. The molecule has 0 atom stereocenters. The van der Waals surface area contributed by atoms with Gasteiger partial charge in [0.1, 0.15) is 0 Å². The van der Waals surface area contributed by atoms with Crippen LogP contribution in [0.1, 0.15) is 60.9 Å². The van der Waals surface area contributed by atoms with Gasteiger partial charge in [0, 0.05) is 37.8 Å². The van der Waals surface area contributed by atoms with Crippen molar-refractivity contribution in [3.63, 3.8) is 0 Å². The molecule has 0 N–H and O–H groups in total. The van der Waals surface area contributed by atoms with Gasteiger partial charge < -0.3 is 4.90 Å². The van der Waals surface area contributed by atoms with Gasteiger partial charge in [0.25, 0.3) is 5.91 Å². The van der Waals surface area contributed by atoms with Crippen LogP contribution in [0.2, 0.25) is 0 Å². The Morgan fingerprint density at radius 3 is 2.30 bits per heavy atom. The third-order valence-corrected chi connectivity index (χ3v) is 6.99. The molecule has 1 spiro atoms. The Bertz CT molecular complexity index is 728. The molecule has 1 saturated heterocycles. The summed E-state index contributed by atoms with van der Waals surface area (Å²) >= 11 is 0. The summed E-state index contributed by atoms with van der Waals surface area (Å²) in [6.45, 7) is 4.09. The first-order chi connectivity index (χ1) is 13.2. The number of hydrogen-bond acceptors (Lipinski definition) is 3. The highest BCUT2D eigenvalue weighted by Gasteiger charge is 2.40. The van der Waals surface area contributed by atoms with Crippen LogP contribution in [-0.4, -0.2) is 47.9 Å². The summed E-state index contributed by atoms with van der Waals surface area (Å²) in [5.41, 5.74) is 1.76. The highest BCUT2D eigenvalue weighted by molar-refractivity contribution is 5.94. The second-order valence-electron chi connectivity index (χ2n) is 8.47. The van der Waals surface area contributed by atoms with Crippen LogP contribution in [0.4, 0.5) is 0 Å². The van der Waals surface area contributed by atoms with Crippen LogP contribution in [0.5, 0.6) is 0 Å². The second-order valence-corrected chi connectivity index (χ2v) is 8.47. The van der Waals surface area contributed by atoms with Gasteiger partial charge in [0.15, 0.2) is 0 Å². The molecule has 2 heterocycles. The zero-order chi connectivity index (χ0) is 18.7. The zero-order valence-electron chi connectivity index (χ0n) is 16.1. The lowest BCUT2D eigenvalue weighted by Gasteiger charge is -2.48. The van der Waals surface area contributed by atoms with Crippen molar-refractivity contribution in [3.8, 4) is 6.07 Å². The molecule has 1 aromatic rings. The van der Waals surface area contributed by atoms with Crippen molar-refractivity contribution in [1.29, 1.82) is 5.26 Å². The summed E-state index contributed by atoms with van der Waals surface area (Å²) in [5, 5.41) is 8.91. The van der Waals surface area contributed by atoms with Gasteiger partial charge in [0.05, 0.1) is 11.6 Å². The lowest BCUT2D eigenvalue weighted by Crippen LogP contribution is -2.47. The normalized spacial score (nSPS) is 23.3. The zero-order valence-corrected chi connectivity index (χ0v) is 16.1. The number of nitriles is 1. The van der Waals surface area contributed by atoms with E-state index in [1.54, 1.807) is 24.3 Å². The standard InChI is InChI=1S/C23H29N3O/c24-18-19-4-6-20(7-5-19)22(27)26-16-12-23(13-17-26)10-8-21(9-11-23)25-14-2-1-3-15-25/h1-2,4-7,21H,3,8-17H2. The summed E-state index contributed by atoms with van der Waals surface area (Å²) in [5.74, 6) is 0.114. The maximum absolute atomic E-state index is 12.8. The average molecular weight is 364 g/mol. The molecule has 0 unspecified atom stereocenters. The van der Waals surface area contributed by atoms with Crippen LogP contribution in [0.15, 0.2) is 36.4 Å². The number of carbonyl (C=O) groups is 1. The van der Waals surface area contributed by atoms with Gasteiger partial charge in [-0.15, -0.1) is 0 Å². The molecule has 3 aliphatic rings. The van der Waals surface area contributed by atoms with Crippen LogP contribution in [0.3, 0.4) is 0 Å². The number of carbonyl (C=O) groups excluding carboxylic acids is 1. The third kappa shape index (κ3) is 3.94. The van der Waals surface area contributed by atoms with Gasteiger partial charge in [-0.1, -0.05) is 12.2 Å². The Morgan fingerprint density at radius 2 is 1.70 bits per heavy atom. The van der Waals surface area contributed by atoms with E-state index in [2.05, 4.69) is 23.1 Å². The van der Waals surface area contributed by atoms with Crippen molar-refractivity contribution < 1.29 is 4.79 Å². The Balaban J connectivity index is 1.30. The summed E-state index contributed by atoms with van der Waals surface area (Å²) in [6, 6.07) is 9.90. The predicted molar refractivity (Wildman–Crippen MR) is 106 cm³/mol. The molecular formula is C23H29N3O. The number of nitrogens with zero attached hydrogens (tertiary/aromatic N) is 3. The molecule has 27 heavy (non-hydrogen) atoms. The minimum absolute atomic E-state index is 0.114. The fourth-order valence-electron chi connectivity index (χ4n) is 5.13. The van der Waals surface area contributed by atoms with Gasteiger partial charge in [-0.3, -0.25) is 9.69 Å². The first kappa shape index (κ1) is 18.3. The highest BCUT2D eigenvalue weighted by Crippen LogP contribution is 2.45. The van der Waals surface area contributed by atoms with E-state index in [1.165, 1.54) is 38.6 Å². The van der Waals surface area contributed by atoms with Crippen molar-refractivity contribution in [2.75, 3.05) is 26.2 Å². The monoisotopic (exact) mass is 363 g/mol. The first-order valence-corrected chi connectivity index (χ1v) is 10.4. The molecule has 2 aliphatic heterocycles. The summed E-state index contributed by atoms with van der Waals surface area (Å²) < 4.78 is 0. The number of hydrogen-bond donors (Lipinski definition) is 0. The average Bonchev–Trinajstić information content (AvgIpc) is 2.75. The van der Waals surface area contributed by atoms with E-state index in [0.717, 1.165) is 38.5 Å². The molecule has 0 radical (unpaired) electrons. The van der Waals surface area contributed by atoms with Crippen LogP contribution >= 0.6 is 0 Å². The quantitative estimate of drug-likeness (QED) is 0.747. The van der Waals surface area contributed by atoms with Gasteiger partial charge in [-0.05, 0) is 74.6 Å². The third-order valence-electron chi connectivity index (χ3n) is 6.99. The van der Waals surface area contributed by atoms with Crippen LogP contribution < -0.4 is 0 Å². The molecule has 0 bridgehead atoms. The smallest absolute Gasteiger partial charge is 0.253 e. The number of piperidine rings is 1. The fraction of sp³-hybridized carbons (Fsp3) is 0.565. The van der Waals surface area contributed by atoms with Crippen LogP contribution in [-0.2, 0) is 0 Å². The molecule has 142 valence electrons. The predicted octanol–water partition coefficient (Wildman–Crippen LogP) is 3.99. The molecule has 0 aromatic heterocycles. The number of amides is 1. The van der Waals surface area contributed by atoms with Crippen LogP contribution in [0, 0.1) is 16.7 Å². The van der Waals surface area contributed by atoms with Gasteiger partial charge >= 0.3 is 0 Å². The molecule has 4 rings (SSSR count). The van der Waals surface area contributed by atoms with E-state index in [4.69, 9.17) is 5.26 Å². The van der Waals surface area contributed by atoms with Crippen molar-refractivity contribution in [2.45, 2.75) is 51.0 Å². The SMILES string of the molecule is N#Cc1ccc(C(=O)N2CCC3(CCC(N4CC=CCC4)CC3)CC2)cc1. The Morgan fingerprint density at radius 1 is 1.00 bits per heavy atom. The number of benzene rings is 1. The topological polar surface area (TPSA) is 47.3 Å². The summed E-state index contributed by atoms with van der Waals surface area (Å²) in [6.07, 6.45) is 13.4. The lowest BCUT2D eigenvalue weighted by molar-refractivity contribution is 0.0302. The van der Waals surface area contributed by atoms with Crippen LogP contribution in [0.25, 0.3) is 0 Å². The Labute approximate surface area is 162 Å². The number of likely N-dealkylation sites (tertiary alicyclic amines) is 1. The second kappa shape index (κ2) is 7.86.